The quantitative estimate of drug-likeness (QED) is 0.539. The SMILES string of the molecule is Cc1ccc(S(=O)(=O)N2CCOc3ccc(COCc4ccc(F)cc4)cc3C2)cc1C. The van der Waals surface area contributed by atoms with Crippen molar-refractivity contribution in [3.8, 4) is 5.75 Å². The van der Waals surface area contributed by atoms with Gasteiger partial charge in [0.1, 0.15) is 18.2 Å². The molecule has 3 aromatic carbocycles. The van der Waals surface area contributed by atoms with Crippen molar-refractivity contribution >= 4 is 10.0 Å². The lowest BCUT2D eigenvalue weighted by atomic mass is 10.1. The van der Waals surface area contributed by atoms with Crippen LogP contribution in [0.5, 0.6) is 5.75 Å². The van der Waals surface area contributed by atoms with E-state index in [1.807, 2.05) is 38.1 Å². The summed E-state index contributed by atoms with van der Waals surface area (Å²) in [5.41, 5.74) is 4.60. The first-order valence-corrected chi connectivity index (χ1v) is 11.9. The number of halogens is 1. The van der Waals surface area contributed by atoms with Gasteiger partial charge in [0, 0.05) is 18.7 Å². The predicted molar refractivity (Wildman–Crippen MR) is 120 cm³/mol. The Hall–Kier alpha value is -2.74. The molecule has 0 N–H and O–H groups in total. The standard InChI is InChI=1S/C25H26FNO4S/c1-18-3-9-24(13-19(18)2)32(28,29)27-11-12-31-25-10-6-21(14-22(25)15-27)17-30-16-20-4-7-23(26)8-5-20/h3-10,13-14H,11-12,15-17H2,1-2H3. The Morgan fingerprint density at radius 3 is 2.41 bits per heavy atom. The Labute approximate surface area is 188 Å². The molecule has 1 heterocycles. The maximum absolute atomic E-state index is 13.3. The first-order valence-electron chi connectivity index (χ1n) is 10.5. The molecule has 0 unspecified atom stereocenters. The van der Waals surface area contributed by atoms with Crippen molar-refractivity contribution in [3.63, 3.8) is 0 Å². The molecule has 0 amide bonds. The maximum atomic E-state index is 13.3. The van der Waals surface area contributed by atoms with Crippen molar-refractivity contribution in [2.24, 2.45) is 0 Å². The second-order valence-electron chi connectivity index (χ2n) is 7.99. The van der Waals surface area contributed by atoms with E-state index in [9.17, 15) is 12.8 Å². The Kier molecular flexibility index (Phi) is 6.60. The van der Waals surface area contributed by atoms with E-state index in [0.29, 0.717) is 23.9 Å². The van der Waals surface area contributed by atoms with Crippen LogP contribution in [-0.2, 0) is 34.5 Å². The average molecular weight is 456 g/mol. The largest absolute Gasteiger partial charge is 0.492 e. The smallest absolute Gasteiger partial charge is 0.243 e. The Balaban J connectivity index is 1.49. The van der Waals surface area contributed by atoms with Gasteiger partial charge in [-0.1, -0.05) is 24.3 Å². The van der Waals surface area contributed by atoms with E-state index in [0.717, 1.165) is 27.8 Å². The summed E-state index contributed by atoms with van der Waals surface area (Å²) >= 11 is 0. The van der Waals surface area contributed by atoms with Crippen molar-refractivity contribution in [3.05, 3.63) is 94.3 Å². The summed E-state index contributed by atoms with van der Waals surface area (Å²) < 4.78 is 52.6. The van der Waals surface area contributed by atoms with Crippen LogP contribution < -0.4 is 4.74 Å². The Morgan fingerprint density at radius 1 is 0.938 bits per heavy atom. The van der Waals surface area contributed by atoms with E-state index in [-0.39, 0.29) is 25.5 Å². The van der Waals surface area contributed by atoms with Crippen LogP contribution in [0.2, 0.25) is 0 Å². The van der Waals surface area contributed by atoms with Crippen LogP contribution >= 0.6 is 0 Å². The van der Waals surface area contributed by atoms with E-state index >= 15 is 0 Å². The summed E-state index contributed by atoms with van der Waals surface area (Å²) in [4.78, 5) is 0.294. The second-order valence-corrected chi connectivity index (χ2v) is 9.93. The number of hydrogen-bond donors (Lipinski definition) is 0. The van der Waals surface area contributed by atoms with Gasteiger partial charge in [0.25, 0.3) is 0 Å². The molecule has 0 radical (unpaired) electrons. The van der Waals surface area contributed by atoms with Crippen molar-refractivity contribution in [2.45, 2.75) is 38.5 Å². The van der Waals surface area contributed by atoms with Crippen molar-refractivity contribution in [2.75, 3.05) is 13.2 Å². The van der Waals surface area contributed by atoms with E-state index in [2.05, 4.69) is 0 Å². The zero-order valence-electron chi connectivity index (χ0n) is 18.2. The van der Waals surface area contributed by atoms with Gasteiger partial charge in [-0.2, -0.15) is 4.31 Å². The molecule has 1 aliphatic heterocycles. The number of hydrogen-bond acceptors (Lipinski definition) is 4. The molecular formula is C25H26FNO4S. The molecule has 0 fully saturated rings. The summed E-state index contributed by atoms with van der Waals surface area (Å²) in [5.74, 6) is 0.407. The molecule has 0 saturated carbocycles. The summed E-state index contributed by atoms with van der Waals surface area (Å²) in [6, 6.07) is 17.1. The minimum absolute atomic E-state index is 0.233. The molecule has 0 saturated heterocycles. The molecule has 0 aliphatic carbocycles. The summed E-state index contributed by atoms with van der Waals surface area (Å²) in [7, 11) is -3.65. The fourth-order valence-electron chi connectivity index (χ4n) is 3.61. The van der Waals surface area contributed by atoms with Crippen molar-refractivity contribution < 1.29 is 22.3 Å². The molecule has 0 atom stereocenters. The summed E-state index contributed by atoms with van der Waals surface area (Å²) in [6.45, 7) is 5.39. The lowest BCUT2D eigenvalue weighted by Gasteiger charge is -2.20. The van der Waals surface area contributed by atoms with E-state index in [1.165, 1.54) is 16.4 Å². The highest BCUT2D eigenvalue weighted by Gasteiger charge is 2.28. The molecule has 0 spiro atoms. The second kappa shape index (κ2) is 9.40. The topological polar surface area (TPSA) is 55.8 Å². The van der Waals surface area contributed by atoms with Crippen molar-refractivity contribution in [1.82, 2.24) is 4.31 Å². The fourth-order valence-corrected chi connectivity index (χ4v) is 5.10. The highest BCUT2D eigenvalue weighted by atomic mass is 32.2. The van der Waals surface area contributed by atoms with Gasteiger partial charge in [-0.05, 0) is 72.5 Å². The van der Waals surface area contributed by atoms with Crippen LogP contribution in [0.4, 0.5) is 4.39 Å². The first-order chi connectivity index (χ1) is 15.3. The van der Waals surface area contributed by atoms with Gasteiger partial charge < -0.3 is 9.47 Å². The lowest BCUT2D eigenvalue weighted by molar-refractivity contribution is 0.107. The minimum atomic E-state index is -3.65. The number of fused-ring (bicyclic) bond motifs is 1. The molecule has 7 heteroatoms. The molecule has 1 aliphatic rings. The molecule has 32 heavy (non-hydrogen) atoms. The maximum Gasteiger partial charge on any atom is 0.243 e. The third kappa shape index (κ3) is 5.01. The summed E-state index contributed by atoms with van der Waals surface area (Å²) in [6.07, 6.45) is 0. The van der Waals surface area contributed by atoms with Gasteiger partial charge in [-0.25, -0.2) is 12.8 Å². The molecule has 3 aromatic rings. The first kappa shape index (κ1) is 22.5. The highest BCUT2D eigenvalue weighted by molar-refractivity contribution is 7.89. The normalized spacial score (nSPS) is 14.5. The van der Waals surface area contributed by atoms with Crippen LogP contribution in [0.15, 0.2) is 65.6 Å². The number of benzene rings is 3. The van der Waals surface area contributed by atoms with E-state index in [1.54, 1.807) is 24.3 Å². The Morgan fingerprint density at radius 2 is 1.66 bits per heavy atom. The van der Waals surface area contributed by atoms with Gasteiger partial charge in [0.15, 0.2) is 0 Å². The van der Waals surface area contributed by atoms with Gasteiger partial charge in [-0.15, -0.1) is 0 Å². The van der Waals surface area contributed by atoms with Crippen LogP contribution in [-0.4, -0.2) is 25.9 Å². The Bertz CT molecular complexity index is 1210. The number of nitrogens with zero attached hydrogens (tertiary/aromatic N) is 1. The highest BCUT2D eigenvalue weighted by Crippen LogP contribution is 2.28. The lowest BCUT2D eigenvalue weighted by Crippen LogP contribution is -2.32. The zero-order valence-corrected chi connectivity index (χ0v) is 19.0. The van der Waals surface area contributed by atoms with Gasteiger partial charge in [0.05, 0.1) is 18.1 Å². The van der Waals surface area contributed by atoms with Crippen LogP contribution in [0.25, 0.3) is 0 Å². The van der Waals surface area contributed by atoms with Gasteiger partial charge in [0.2, 0.25) is 10.0 Å². The number of aryl methyl sites for hydroxylation is 2. The van der Waals surface area contributed by atoms with Crippen LogP contribution in [0.3, 0.4) is 0 Å². The third-order valence-electron chi connectivity index (χ3n) is 5.64. The zero-order chi connectivity index (χ0) is 22.7. The monoisotopic (exact) mass is 455 g/mol. The average Bonchev–Trinajstić information content (AvgIpc) is 2.99. The molecule has 168 valence electrons. The third-order valence-corrected chi connectivity index (χ3v) is 7.48. The summed E-state index contributed by atoms with van der Waals surface area (Å²) in [5, 5.41) is 0. The van der Waals surface area contributed by atoms with Crippen LogP contribution in [0, 0.1) is 19.7 Å². The molecular weight excluding hydrogens is 429 g/mol. The van der Waals surface area contributed by atoms with Gasteiger partial charge >= 0.3 is 0 Å². The number of rotatable bonds is 6. The van der Waals surface area contributed by atoms with Crippen LogP contribution in [0.1, 0.15) is 27.8 Å². The molecule has 5 nitrogen and oxygen atoms in total. The van der Waals surface area contributed by atoms with Crippen molar-refractivity contribution in [1.29, 1.82) is 0 Å². The number of sulfonamides is 1. The fraction of sp³-hybridized carbons (Fsp3) is 0.280. The number of ether oxygens (including phenoxy) is 2. The minimum Gasteiger partial charge on any atom is -0.492 e. The molecule has 0 aromatic heterocycles. The molecule has 4 rings (SSSR count). The van der Waals surface area contributed by atoms with E-state index < -0.39 is 10.0 Å². The predicted octanol–water partition coefficient (Wildman–Crippen LogP) is 4.74. The molecule has 0 bridgehead atoms. The van der Waals surface area contributed by atoms with E-state index in [4.69, 9.17) is 9.47 Å². The van der Waals surface area contributed by atoms with Gasteiger partial charge in [-0.3, -0.25) is 0 Å².